The summed E-state index contributed by atoms with van der Waals surface area (Å²) in [5.74, 6) is -5.38. The molecule has 1 spiro atoms. The van der Waals surface area contributed by atoms with Crippen LogP contribution in [0, 0.1) is 0 Å². The second kappa shape index (κ2) is 17.6. The summed E-state index contributed by atoms with van der Waals surface area (Å²) in [6.45, 7) is 7.92. The summed E-state index contributed by atoms with van der Waals surface area (Å²) in [6, 6.07) is 13.8. The standard InChI is InChI=1S/C40H42F6N4O7S/c1-24(2)32-19-27(22-58-32)35(52)50-16-17-55-38(23-50)11-14-49(15-12-38)21-26-5-3-4-25(18-26)10-13-47-20-31(57-37(54)40(44,45)46)28-6-8-30(56-36(53)39(41,42)43)34-29(28)7-9-33(51)48-34/h3-9,18-19,22,24,31,47H,10-17,20-21,23H2,1-2H3,(H,48,51)/t31-/m0/s1. The fraction of sp³-hybridized carbons (Fsp3) is 0.450. The highest BCUT2D eigenvalue weighted by Gasteiger charge is 2.44. The van der Waals surface area contributed by atoms with Gasteiger partial charge in [-0.3, -0.25) is 14.5 Å². The van der Waals surface area contributed by atoms with Crippen LogP contribution in [0.2, 0.25) is 0 Å². The molecule has 2 aromatic carbocycles. The molecular weight excluding hydrogens is 795 g/mol. The largest absolute Gasteiger partial charge is 0.491 e. The quantitative estimate of drug-likeness (QED) is 0.0696. The van der Waals surface area contributed by atoms with E-state index in [9.17, 15) is 45.5 Å². The molecule has 0 aliphatic carbocycles. The van der Waals surface area contributed by atoms with Gasteiger partial charge >= 0.3 is 24.3 Å². The topological polar surface area (TPSA) is 130 Å². The molecule has 1 atom stereocenters. The molecule has 1 amide bonds. The van der Waals surface area contributed by atoms with Crippen LogP contribution in [0.15, 0.2) is 64.8 Å². The van der Waals surface area contributed by atoms with Gasteiger partial charge in [-0.2, -0.15) is 26.3 Å². The molecule has 2 N–H and O–H groups in total. The predicted octanol–water partition coefficient (Wildman–Crippen LogP) is 6.67. The van der Waals surface area contributed by atoms with Crippen LogP contribution < -0.4 is 15.6 Å². The number of rotatable bonds is 12. The molecule has 2 aromatic heterocycles. The van der Waals surface area contributed by atoms with E-state index >= 15 is 0 Å². The lowest BCUT2D eigenvalue weighted by Crippen LogP contribution is -2.57. The van der Waals surface area contributed by atoms with E-state index in [0.717, 1.165) is 66.9 Å². The van der Waals surface area contributed by atoms with E-state index in [-0.39, 0.29) is 29.9 Å². The number of aromatic amines is 1. The van der Waals surface area contributed by atoms with Crippen LogP contribution in [-0.2, 0) is 32.0 Å². The van der Waals surface area contributed by atoms with Crippen molar-refractivity contribution in [3.05, 3.63) is 97.5 Å². The number of aromatic nitrogens is 1. The summed E-state index contributed by atoms with van der Waals surface area (Å²) in [5, 5.41) is 4.82. The average Bonchev–Trinajstić information content (AvgIpc) is 3.68. The normalized spacial score (nSPS) is 16.8. The Morgan fingerprint density at radius 3 is 2.36 bits per heavy atom. The van der Waals surface area contributed by atoms with Crippen LogP contribution in [-0.4, -0.2) is 96.5 Å². The molecule has 6 rings (SSSR count). The number of hydrogen-bond donors (Lipinski definition) is 2. The Morgan fingerprint density at radius 2 is 1.67 bits per heavy atom. The third-order valence-electron chi connectivity index (χ3n) is 10.2. The van der Waals surface area contributed by atoms with E-state index < -0.39 is 52.8 Å². The number of pyridine rings is 1. The van der Waals surface area contributed by atoms with E-state index in [4.69, 9.17) is 9.47 Å². The second-order valence-electron chi connectivity index (χ2n) is 14.7. The first-order valence-corrected chi connectivity index (χ1v) is 19.5. The maximum absolute atomic E-state index is 13.3. The van der Waals surface area contributed by atoms with E-state index in [1.807, 2.05) is 40.6 Å². The van der Waals surface area contributed by atoms with E-state index in [1.54, 1.807) is 11.3 Å². The lowest BCUT2D eigenvalue weighted by atomic mass is 9.89. The Morgan fingerprint density at radius 1 is 0.948 bits per heavy atom. The number of likely N-dealkylation sites (tertiary alicyclic amines) is 1. The van der Waals surface area contributed by atoms with Crippen molar-refractivity contribution in [1.29, 1.82) is 0 Å². The number of alkyl halides is 6. The molecule has 2 aliphatic rings. The van der Waals surface area contributed by atoms with Gasteiger partial charge in [0, 0.05) is 60.0 Å². The minimum Gasteiger partial charge on any atom is -0.449 e. The Kier molecular flexibility index (Phi) is 13.0. The molecule has 0 radical (unpaired) electrons. The summed E-state index contributed by atoms with van der Waals surface area (Å²) < 4.78 is 94.2. The number of fused-ring (bicyclic) bond motifs is 1. The van der Waals surface area contributed by atoms with Crippen LogP contribution in [0.5, 0.6) is 5.75 Å². The minimum absolute atomic E-state index is 0.0364. The van der Waals surface area contributed by atoms with Gasteiger partial charge in [0.25, 0.3) is 5.91 Å². The van der Waals surface area contributed by atoms with E-state index in [2.05, 4.69) is 33.8 Å². The molecule has 0 saturated carbocycles. The van der Waals surface area contributed by atoms with Crippen LogP contribution in [0.25, 0.3) is 10.9 Å². The minimum atomic E-state index is -5.37. The third-order valence-corrected chi connectivity index (χ3v) is 11.4. The molecule has 58 heavy (non-hydrogen) atoms. The van der Waals surface area contributed by atoms with Gasteiger partial charge in [0.05, 0.1) is 29.8 Å². The first kappa shape index (κ1) is 42.8. The molecule has 4 aromatic rings. The Balaban J connectivity index is 1.06. The number of thiophene rings is 1. The smallest absolute Gasteiger partial charge is 0.449 e. The lowest BCUT2D eigenvalue weighted by Gasteiger charge is -2.47. The van der Waals surface area contributed by atoms with Crippen molar-refractivity contribution in [2.45, 2.75) is 69.6 Å². The zero-order chi connectivity index (χ0) is 41.8. The molecule has 312 valence electrons. The monoisotopic (exact) mass is 836 g/mol. The van der Waals surface area contributed by atoms with Crippen molar-refractivity contribution in [2.75, 3.05) is 45.9 Å². The number of hydrogen-bond acceptors (Lipinski definition) is 10. The highest BCUT2D eigenvalue weighted by molar-refractivity contribution is 7.10. The number of amides is 1. The van der Waals surface area contributed by atoms with Gasteiger partial charge in [0.2, 0.25) is 5.56 Å². The van der Waals surface area contributed by atoms with Crippen molar-refractivity contribution in [3.63, 3.8) is 0 Å². The van der Waals surface area contributed by atoms with Crippen molar-refractivity contribution in [1.82, 2.24) is 20.1 Å². The number of carbonyl (C=O) groups is 3. The fourth-order valence-corrected chi connectivity index (χ4v) is 8.08. The van der Waals surface area contributed by atoms with Crippen molar-refractivity contribution in [2.24, 2.45) is 0 Å². The van der Waals surface area contributed by atoms with E-state index in [1.165, 1.54) is 4.88 Å². The molecule has 2 aliphatic heterocycles. The number of nitrogens with one attached hydrogen (secondary N) is 2. The number of benzene rings is 2. The van der Waals surface area contributed by atoms with Crippen molar-refractivity contribution >= 4 is 40.1 Å². The fourth-order valence-electron chi connectivity index (χ4n) is 7.18. The molecule has 11 nitrogen and oxygen atoms in total. The maximum atomic E-state index is 13.3. The first-order chi connectivity index (χ1) is 27.4. The molecule has 0 bridgehead atoms. The zero-order valence-corrected chi connectivity index (χ0v) is 32.5. The number of halogens is 6. The second-order valence-corrected chi connectivity index (χ2v) is 15.7. The zero-order valence-electron chi connectivity index (χ0n) is 31.6. The summed E-state index contributed by atoms with van der Waals surface area (Å²) in [4.78, 5) is 56.5. The van der Waals surface area contributed by atoms with Gasteiger partial charge in [-0.25, -0.2) is 9.59 Å². The number of nitrogens with zero attached hydrogens (tertiary/aromatic N) is 2. The highest BCUT2D eigenvalue weighted by atomic mass is 32.1. The SMILES string of the molecule is CC(C)c1cc(C(=O)N2CCOC3(CCN(Cc4cccc(CCNC[C@H](OC(=O)C(F)(F)F)c5ccc(OC(=O)C(F)(F)F)c6[nH]c(=O)ccc56)c4)CC3)C2)cs1. The van der Waals surface area contributed by atoms with Crippen molar-refractivity contribution < 1.29 is 54.9 Å². The van der Waals surface area contributed by atoms with Gasteiger partial charge in [0.15, 0.2) is 5.75 Å². The van der Waals surface area contributed by atoms with Gasteiger partial charge in [-0.1, -0.05) is 44.2 Å². The van der Waals surface area contributed by atoms with Crippen LogP contribution >= 0.6 is 11.3 Å². The van der Waals surface area contributed by atoms with Crippen LogP contribution in [0.3, 0.4) is 0 Å². The third kappa shape index (κ3) is 10.4. The summed E-state index contributed by atoms with van der Waals surface area (Å²) >= 11 is 1.61. The molecule has 4 heterocycles. The average molecular weight is 837 g/mol. The number of morpholine rings is 1. The number of carbonyl (C=O) groups excluding carboxylic acids is 3. The van der Waals surface area contributed by atoms with Gasteiger partial charge in [-0.05, 0) is 61.1 Å². The van der Waals surface area contributed by atoms with Gasteiger partial charge < -0.3 is 29.4 Å². The molecular formula is C40H42F6N4O7S. The van der Waals surface area contributed by atoms with Crippen LogP contribution in [0.1, 0.15) is 70.6 Å². The lowest BCUT2D eigenvalue weighted by molar-refractivity contribution is -0.205. The molecule has 0 unspecified atom stereocenters. The number of esters is 2. The number of ether oxygens (including phenoxy) is 3. The van der Waals surface area contributed by atoms with Gasteiger partial charge in [-0.15, -0.1) is 11.3 Å². The number of H-pyrrole nitrogens is 1. The summed E-state index contributed by atoms with van der Waals surface area (Å²) in [7, 11) is 0. The predicted molar refractivity (Wildman–Crippen MR) is 202 cm³/mol. The first-order valence-electron chi connectivity index (χ1n) is 18.7. The Labute approximate surface area is 333 Å². The molecule has 2 saturated heterocycles. The van der Waals surface area contributed by atoms with Gasteiger partial charge in [0.1, 0.15) is 6.10 Å². The Bertz CT molecular complexity index is 2180. The van der Waals surface area contributed by atoms with Crippen LogP contribution in [0.4, 0.5) is 26.3 Å². The molecule has 2 fully saturated rings. The number of piperidine rings is 1. The summed E-state index contributed by atoms with van der Waals surface area (Å²) in [6.07, 6.45) is -10.4. The molecule has 18 heteroatoms. The Hall–Kier alpha value is -4.78. The maximum Gasteiger partial charge on any atom is 0.491 e. The summed E-state index contributed by atoms with van der Waals surface area (Å²) in [5.41, 5.74) is 1.02. The van der Waals surface area contributed by atoms with E-state index in [0.29, 0.717) is 38.6 Å². The van der Waals surface area contributed by atoms with Crippen molar-refractivity contribution in [3.8, 4) is 5.75 Å². The highest BCUT2D eigenvalue weighted by Crippen LogP contribution is 2.35.